The molecule has 237 valence electrons. The number of rotatable bonds is 7. The van der Waals surface area contributed by atoms with E-state index in [1.807, 2.05) is 33.8 Å². The number of ether oxygens (including phenoxy) is 1. The van der Waals surface area contributed by atoms with E-state index in [9.17, 15) is 9.90 Å². The van der Waals surface area contributed by atoms with Crippen LogP contribution in [0.15, 0.2) is 48.2 Å². The number of para-hydroxylation sites is 1. The summed E-state index contributed by atoms with van der Waals surface area (Å²) in [6, 6.07) is 16.5. The molecule has 1 aliphatic heterocycles. The summed E-state index contributed by atoms with van der Waals surface area (Å²) in [7, 11) is 0. The number of carbonyl (C=O) groups is 1. The van der Waals surface area contributed by atoms with Crippen molar-refractivity contribution in [3.8, 4) is 17.0 Å². The maximum atomic E-state index is 11.7. The summed E-state index contributed by atoms with van der Waals surface area (Å²) in [6.45, 7) is 21.0. The van der Waals surface area contributed by atoms with Crippen molar-refractivity contribution in [3.63, 3.8) is 0 Å². The van der Waals surface area contributed by atoms with Crippen molar-refractivity contribution in [1.82, 2.24) is 4.98 Å². The predicted octanol–water partition coefficient (Wildman–Crippen LogP) is 10.6. The van der Waals surface area contributed by atoms with Gasteiger partial charge in [0, 0.05) is 49.1 Å². The second kappa shape index (κ2) is 14.4. The summed E-state index contributed by atoms with van der Waals surface area (Å²) in [4.78, 5) is 16.7. The van der Waals surface area contributed by atoms with Gasteiger partial charge in [0.15, 0.2) is 5.78 Å². The van der Waals surface area contributed by atoms with E-state index in [1.165, 1.54) is 33.7 Å². The van der Waals surface area contributed by atoms with Crippen LogP contribution in [0, 0.1) is 45.6 Å². The number of hydrogen-bond acceptors (Lipinski definition) is 4. The average molecular weight is 771 g/mol. The second-order valence-corrected chi connectivity index (χ2v) is 12.5. The van der Waals surface area contributed by atoms with E-state index in [4.69, 9.17) is 9.72 Å². The number of fused-ring (bicyclic) bond motifs is 5. The van der Waals surface area contributed by atoms with E-state index in [0.717, 1.165) is 64.5 Å². The number of carbonyl (C=O) groups excluding carboxylic acids is 1. The molecular formula is C39H48IrNO3-. The fraction of sp³-hybridized carbons (Fsp3) is 0.436. The Balaban J connectivity index is 0.000000286. The Hall–Kier alpha value is -3.01. The number of hydrogen-bond donors (Lipinski definition) is 1. The molecule has 0 amide bonds. The molecule has 1 aliphatic rings. The zero-order valence-corrected chi connectivity index (χ0v) is 30.5. The van der Waals surface area contributed by atoms with Gasteiger partial charge in [-0.1, -0.05) is 86.5 Å². The minimum absolute atomic E-state index is 0. The number of allylic oxidation sites excluding steroid dienone is 2. The molecule has 0 atom stereocenters. The topological polar surface area (TPSA) is 59.4 Å². The first kappa shape index (κ1) is 35.5. The van der Waals surface area contributed by atoms with E-state index in [0.29, 0.717) is 0 Å². The van der Waals surface area contributed by atoms with Crippen LogP contribution in [0.4, 0.5) is 0 Å². The Morgan fingerprint density at radius 1 is 0.909 bits per heavy atom. The normalized spacial score (nSPS) is 13.6. The summed E-state index contributed by atoms with van der Waals surface area (Å²) in [6.07, 6.45) is 4.91. The molecule has 5 heteroatoms. The predicted molar refractivity (Wildman–Crippen MR) is 180 cm³/mol. The van der Waals surface area contributed by atoms with Gasteiger partial charge in [-0.3, -0.25) is 9.78 Å². The van der Waals surface area contributed by atoms with Crippen LogP contribution in [0.1, 0.15) is 95.0 Å². The number of benzene rings is 3. The van der Waals surface area contributed by atoms with Gasteiger partial charge in [0.25, 0.3) is 0 Å². The molecule has 1 aromatic heterocycles. The molecule has 1 N–H and O–H groups in total. The van der Waals surface area contributed by atoms with Crippen molar-refractivity contribution >= 4 is 27.5 Å². The molecule has 1 radical (unpaired) electrons. The smallest absolute Gasteiger partial charge is 0.162 e. The number of aryl methyl sites for hydroxylation is 4. The quantitative estimate of drug-likeness (QED) is 0.116. The first-order valence-electron chi connectivity index (χ1n) is 15.9. The van der Waals surface area contributed by atoms with Gasteiger partial charge in [-0.2, -0.15) is 0 Å². The first-order chi connectivity index (χ1) is 20.4. The van der Waals surface area contributed by atoms with Crippen LogP contribution in [0.2, 0.25) is 0 Å². The van der Waals surface area contributed by atoms with Crippen molar-refractivity contribution < 1.29 is 34.7 Å². The van der Waals surface area contributed by atoms with Crippen LogP contribution < -0.4 is 4.74 Å². The Kier molecular flexibility index (Phi) is 11.6. The van der Waals surface area contributed by atoms with Crippen molar-refractivity contribution in [2.45, 2.75) is 101 Å². The van der Waals surface area contributed by atoms with Gasteiger partial charge in [0.05, 0.1) is 11.3 Å². The van der Waals surface area contributed by atoms with Crippen LogP contribution in [0.25, 0.3) is 32.9 Å². The maximum Gasteiger partial charge on any atom is 0.162 e. The summed E-state index contributed by atoms with van der Waals surface area (Å²) in [5, 5.41) is 13.3. The van der Waals surface area contributed by atoms with Gasteiger partial charge in [-0.15, -0.1) is 23.1 Å². The monoisotopic (exact) mass is 771 g/mol. The molecule has 0 fully saturated rings. The standard InChI is InChI=1S/C26H24NO.C13H24O2.Ir/c1-14-11-18-13-21-23(16(3)20(18)12-15(14)2)26(5,6)28-25-17(4)19-9-7-8-10-22(19)27-24(21)25;1-5-10(6-2)12(14)9-13(15)11(7-3)8-4;/h7-12H,1-6H3;9-11,14H,5-8H2,1-4H3;/q-1;;/b;12-9-;. The zero-order chi connectivity index (χ0) is 31.6. The number of aliphatic hydroxyl groups is 1. The average Bonchev–Trinajstić information content (AvgIpc) is 2.96. The van der Waals surface area contributed by atoms with E-state index in [-0.39, 0.29) is 43.5 Å². The fourth-order valence-electron chi connectivity index (χ4n) is 6.42. The summed E-state index contributed by atoms with van der Waals surface area (Å²) >= 11 is 0. The van der Waals surface area contributed by atoms with Crippen LogP contribution in [0.3, 0.4) is 0 Å². The molecule has 2 heterocycles. The molecular weight excluding hydrogens is 723 g/mol. The first-order valence-corrected chi connectivity index (χ1v) is 15.9. The number of pyridine rings is 1. The van der Waals surface area contributed by atoms with E-state index < -0.39 is 5.60 Å². The Morgan fingerprint density at radius 3 is 2.11 bits per heavy atom. The number of aliphatic hydroxyl groups excluding tert-OH is 1. The van der Waals surface area contributed by atoms with Crippen LogP contribution in [0.5, 0.6) is 5.75 Å². The van der Waals surface area contributed by atoms with E-state index >= 15 is 0 Å². The number of nitrogens with zero attached hydrogens (tertiary/aromatic N) is 1. The SMILES string of the molecule is CCC(CC)C(=O)/C=C(\O)C(CC)CC.Cc1cc2[c-]c3c(c(C)c2cc1C)C(C)(C)Oc1c-3nc2ccccc2c1C.[Ir]. The molecule has 0 spiro atoms. The van der Waals surface area contributed by atoms with Crippen LogP contribution >= 0.6 is 0 Å². The summed E-state index contributed by atoms with van der Waals surface area (Å²) in [5.41, 5.74) is 8.74. The largest absolute Gasteiger partial charge is 0.512 e. The van der Waals surface area contributed by atoms with E-state index in [1.54, 1.807) is 0 Å². The van der Waals surface area contributed by atoms with Crippen molar-refractivity contribution in [1.29, 1.82) is 0 Å². The minimum Gasteiger partial charge on any atom is -0.512 e. The van der Waals surface area contributed by atoms with Gasteiger partial charge >= 0.3 is 0 Å². The minimum atomic E-state index is -0.440. The Bertz CT molecular complexity index is 1690. The molecule has 4 aromatic rings. The van der Waals surface area contributed by atoms with Crippen molar-refractivity contribution in [2.24, 2.45) is 11.8 Å². The molecule has 0 aliphatic carbocycles. The van der Waals surface area contributed by atoms with Gasteiger partial charge in [0.2, 0.25) is 0 Å². The molecule has 0 bridgehead atoms. The van der Waals surface area contributed by atoms with Crippen LogP contribution in [-0.2, 0) is 30.5 Å². The van der Waals surface area contributed by atoms with Crippen molar-refractivity contribution in [2.75, 3.05) is 0 Å². The van der Waals surface area contributed by atoms with Gasteiger partial charge < -0.3 is 9.84 Å². The Morgan fingerprint density at radius 2 is 1.50 bits per heavy atom. The third kappa shape index (κ3) is 6.80. The number of aromatic nitrogens is 1. The van der Waals surface area contributed by atoms with Gasteiger partial charge in [0.1, 0.15) is 11.4 Å². The zero-order valence-electron chi connectivity index (χ0n) is 28.1. The maximum absolute atomic E-state index is 11.7. The molecule has 0 saturated carbocycles. The fourth-order valence-corrected chi connectivity index (χ4v) is 6.42. The number of ketones is 1. The Labute approximate surface area is 277 Å². The molecule has 0 unspecified atom stereocenters. The third-order valence-electron chi connectivity index (χ3n) is 9.30. The molecule has 4 nitrogen and oxygen atoms in total. The molecule has 5 rings (SSSR count). The molecule has 44 heavy (non-hydrogen) atoms. The second-order valence-electron chi connectivity index (χ2n) is 12.5. The molecule has 3 aromatic carbocycles. The van der Waals surface area contributed by atoms with Gasteiger partial charge in [-0.25, -0.2) is 0 Å². The summed E-state index contributed by atoms with van der Waals surface area (Å²) in [5.74, 6) is 1.43. The van der Waals surface area contributed by atoms with Crippen molar-refractivity contribution in [3.05, 3.63) is 82.1 Å². The molecule has 0 saturated heterocycles. The third-order valence-corrected chi connectivity index (χ3v) is 9.30. The van der Waals surface area contributed by atoms with Crippen LogP contribution in [-0.4, -0.2) is 15.9 Å². The van der Waals surface area contributed by atoms with E-state index in [2.05, 4.69) is 77.9 Å². The summed E-state index contributed by atoms with van der Waals surface area (Å²) < 4.78 is 6.59. The van der Waals surface area contributed by atoms with Gasteiger partial charge in [-0.05, 0) is 71.9 Å².